The van der Waals surface area contributed by atoms with E-state index in [4.69, 9.17) is 0 Å². The Kier molecular flexibility index (Phi) is 7.19. The van der Waals surface area contributed by atoms with Gasteiger partial charge in [0.2, 0.25) is 0 Å². The molecule has 6 nitrogen and oxygen atoms in total. The van der Waals surface area contributed by atoms with Gasteiger partial charge in [-0.1, -0.05) is 36.4 Å². The smallest absolute Gasteiger partial charge is 0.366 e. The number of benzene rings is 3. The van der Waals surface area contributed by atoms with Crippen molar-refractivity contribution in [2.75, 3.05) is 22.1 Å². The number of hydrogen-bond donors (Lipinski definition) is 3. The number of hydrogen-bond acceptors (Lipinski definition) is 3. The van der Waals surface area contributed by atoms with E-state index in [1.54, 1.807) is 18.2 Å². The van der Waals surface area contributed by atoms with Gasteiger partial charge in [0.05, 0.1) is 16.8 Å². The second-order valence-electron chi connectivity index (χ2n) is 8.92. The van der Waals surface area contributed by atoms with E-state index in [-0.39, 0.29) is 23.3 Å². The van der Waals surface area contributed by atoms with Crippen molar-refractivity contribution in [3.63, 3.8) is 0 Å². The normalized spacial score (nSPS) is 13.2. The van der Waals surface area contributed by atoms with Gasteiger partial charge in [-0.15, -0.1) is 0 Å². The van der Waals surface area contributed by atoms with Crippen LogP contribution in [-0.4, -0.2) is 24.5 Å². The molecule has 9 heteroatoms. The highest BCUT2D eigenvalue weighted by Gasteiger charge is 2.33. The Hall–Kier alpha value is -4.01. The monoisotopic (exact) mass is 496 g/mol. The lowest BCUT2D eigenvalue weighted by Gasteiger charge is -2.32. The summed E-state index contributed by atoms with van der Waals surface area (Å²) in [6.07, 6.45) is -3.77. The lowest BCUT2D eigenvalue weighted by atomic mass is 9.98. The molecule has 3 aromatic rings. The predicted octanol–water partition coefficient (Wildman–Crippen LogP) is 6.05. The number of carbonyl (C=O) groups excluding carboxylic acids is 2. The van der Waals surface area contributed by atoms with Gasteiger partial charge in [0.15, 0.2) is 0 Å². The minimum Gasteiger partial charge on any atom is -0.366 e. The molecule has 3 aromatic carbocycles. The van der Waals surface area contributed by atoms with Crippen LogP contribution in [0.4, 0.5) is 35.0 Å². The molecule has 0 bridgehead atoms. The van der Waals surface area contributed by atoms with Crippen molar-refractivity contribution in [3.8, 4) is 0 Å². The number of rotatable bonds is 5. The van der Waals surface area contributed by atoms with Gasteiger partial charge in [-0.05, 0) is 61.7 Å². The number of fused-ring (bicyclic) bond motifs is 1. The second kappa shape index (κ2) is 10.3. The van der Waals surface area contributed by atoms with E-state index in [1.807, 2.05) is 26.0 Å². The van der Waals surface area contributed by atoms with Crippen LogP contribution in [-0.2, 0) is 19.1 Å². The molecule has 1 aliphatic rings. The molecule has 36 heavy (non-hydrogen) atoms. The first kappa shape index (κ1) is 25.1. The molecule has 0 aromatic heterocycles. The van der Waals surface area contributed by atoms with E-state index in [9.17, 15) is 22.8 Å². The summed E-state index contributed by atoms with van der Waals surface area (Å²) in [7, 11) is 0. The molecule has 188 valence electrons. The Morgan fingerprint density at radius 1 is 0.917 bits per heavy atom. The van der Waals surface area contributed by atoms with Crippen LogP contribution in [0.15, 0.2) is 66.7 Å². The first-order chi connectivity index (χ1) is 17.1. The maximum Gasteiger partial charge on any atom is 0.418 e. The zero-order valence-electron chi connectivity index (χ0n) is 19.9. The summed E-state index contributed by atoms with van der Waals surface area (Å²) in [5.41, 5.74) is 2.53. The molecule has 1 heterocycles. The molecule has 4 rings (SSSR count). The Bertz CT molecular complexity index is 1270. The van der Waals surface area contributed by atoms with Gasteiger partial charge in [-0.25, -0.2) is 4.79 Å². The van der Waals surface area contributed by atoms with Crippen molar-refractivity contribution in [2.24, 2.45) is 0 Å². The van der Waals surface area contributed by atoms with E-state index in [1.165, 1.54) is 29.3 Å². The number of halogens is 3. The zero-order valence-corrected chi connectivity index (χ0v) is 19.9. The lowest BCUT2D eigenvalue weighted by molar-refractivity contribution is -0.136. The predicted molar refractivity (Wildman–Crippen MR) is 134 cm³/mol. The highest BCUT2D eigenvalue weighted by molar-refractivity contribution is 6.04. The number of nitrogens with one attached hydrogen (secondary N) is 3. The molecule has 3 N–H and O–H groups in total. The average molecular weight is 497 g/mol. The lowest BCUT2D eigenvalue weighted by Crippen LogP contribution is -2.35. The topological polar surface area (TPSA) is 73.5 Å². The number of amides is 3. The van der Waals surface area contributed by atoms with Crippen LogP contribution in [0.1, 0.15) is 40.9 Å². The molecule has 0 aliphatic carbocycles. The Morgan fingerprint density at radius 2 is 1.61 bits per heavy atom. The van der Waals surface area contributed by atoms with Crippen LogP contribution in [0.5, 0.6) is 0 Å². The van der Waals surface area contributed by atoms with Crippen LogP contribution in [0.3, 0.4) is 0 Å². The van der Waals surface area contributed by atoms with Gasteiger partial charge in [0.1, 0.15) is 0 Å². The molecule has 0 unspecified atom stereocenters. The van der Waals surface area contributed by atoms with Crippen molar-refractivity contribution >= 4 is 29.0 Å². The molecule has 0 radical (unpaired) electrons. The molecule has 3 amide bonds. The third-order valence-electron chi connectivity index (χ3n) is 5.87. The summed E-state index contributed by atoms with van der Waals surface area (Å²) >= 11 is 0. The quantitative estimate of drug-likeness (QED) is 0.403. The Labute approximate surface area is 207 Å². The minimum absolute atomic E-state index is 0.105. The summed E-state index contributed by atoms with van der Waals surface area (Å²) < 4.78 is 39.8. The maximum absolute atomic E-state index is 13.3. The van der Waals surface area contributed by atoms with Crippen LogP contribution in [0, 0.1) is 0 Å². The van der Waals surface area contributed by atoms with Crippen molar-refractivity contribution in [2.45, 2.75) is 39.0 Å². The highest BCUT2D eigenvalue weighted by Crippen LogP contribution is 2.35. The number of carbonyl (C=O) groups is 2. The Balaban J connectivity index is 1.58. The van der Waals surface area contributed by atoms with Crippen LogP contribution >= 0.6 is 0 Å². The summed E-state index contributed by atoms with van der Waals surface area (Å²) in [6, 6.07) is 16.9. The third-order valence-corrected chi connectivity index (χ3v) is 5.87. The summed E-state index contributed by atoms with van der Waals surface area (Å²) in [4.78, 5) is 27.7. The van der Waals surface area contributed by atoms with E-state index >= 15 is 0 Å². The summed E-state index contributed by atoms with van der Waals surface area (Å²) in [5, 5.41) is 7.69. The fraction of sp³-hybridized carbons (Fsp3) is 0.259. The fourth-order valence-electron chi connectivity index (χ4n) is 4.24. The Morgan fingerprint density at radius 3 is 2.33 bits per heavy atom. The van der Waals surface area contributed by atoms with Gasteiger partial charge >= 0.3 is 12.2 Å². The average Bonchev–Trinajstić information content (AvgIpc) is 2.83. The number of anilines is 3. The van der Waals surface area contributed by atoms with Crippen LogP contribution < -0.4 is 20.9 Å². The second-order valence-corrected chi connectivity index (χ2v) is 8.92. The molecule has 0 atom stereocenters. The third kappa shape index (κ3) is 5.79. The SMILES string of the molecule is CC(C)NC(=O)c1cc(NC(=O)Nc2ccccc2C(F)(F)F)ccc1N1CCc2ccccc2C1. The van der Waals surface area contributed by atoms with E-state index < -0.39 is 17.8 Å². The van der Waals surface area contributed by atoms with Crippen molar-refractivity contribution < 1.29 is 22.8 Å². The van der Waals surface area contributed by atoms with E-state index in [0.29, 0.717) is 12.1 Å². The van der Waals surface area contributed by atoms with E-state index in [2.05, 4.69) is 33.0 Å². The fourth-order valence-corrected chi connectivity index (χ4v) is 4.24. The van der Waals surface area contributed by atoms with Gasteiger partial charge in [0, 0.05) is 30.5 Å². The van der Waals surface area contributed by atoms with Crippen LogP contribution in [0.25, 0.3) is 0 Å². The maximum atomic E-state index is 13.3. The van der Waals surface area contributed by atoms with E-state index in [0.717, 1.165) is 24.7 Å². The molecular formula is C27H27F3N4O2. The van der Waals surface area contributed by atoms with Crippen molar-refractivity contribution in [1.82, 2.24) is 5.32 Å². The molecule has 0 saturated heterocycles. The largest absolute Gasteiger partial charge is 0.418 e. The zero-order chi connectivity index (χ0) is 25.9. The molecule has 0 saturated carbocycles. The van der Waals surface area contributed by atoms with Gasteiger partial charge < -0.3 is 20.9 Å². The van der Waals surface area contributed by atoms with Gasteiger partial charge in [0.25, 0.3) is 5.91 Å². The van der Waals surface area contributed by atoms with Gasteiger partial charge in [-0.3, -0.25) is 4.79 Å². The number of para-hydroxylation sites is 1. The highest BCUT2D eigenvalue weighted by atomic mass is 19.4. The number of urea groups is 1. The minimum atomic E-state index is -4.61. The number of alkyl halides is 3. The molecule has 0 fully saturated rings. The van der Waals surface area contributed by atoms with Gasteiger partial charge in [-0.2, -0.15) is 13.2 Å². The molecule has 1 aliphatic heterocycles. The molecule has 0 spiro atoms. The first-order valence-corrected chi connectivity index (χ1v) is 11.6. The summed E-state index contributed by atoms with van der Waals surface area (Å²) in [5.74, 6) is -0.301. The first-order valence-electron chi connectivity index (χ1n) is 11.6. The van der Waals surface area contributed by atoms with Crippen molar-refractivity contribution in [3.05, 3.63) is 89.0 Å². The molecular weight excluding hydrogens is 469 g/mol. The number of nitrogens with zero attached hydrogens (tertiary/aromatic N) is 1. The standard InChI is InChI=1S/C27H27F3N4O2/c1-17(2)31-25(35)21-15-20(32-26(36)33-23-10-6-5-9-22(23)27(28,29)30)11-12-24(21)34-14-13-18-7-3-4-8-19(18)16-34/h3-12,15,17H,13-14,16H2,1-2H3,(H,31,35)(H2,32,33,36). The van der Waals surface area contributed by atoms with Crippen molar-refractivity contribution in [1.29, 1.82) is 0 Å². The summed E-state index contributed by atoms with van der Waals surface area (Å²) in [6.45, 7) is 5.06. The van der Waals surface area contributed by atoms with Crippen LogP contribution in [0.2, 0.25) is 0 Å².